The molecular weight excluding hydrogens is 268 g/mol. The summed E-state index contributed by atoms with van der Waals surface area (Å²) in [5, 5.41) is 3.97. The first-order valence-electron chi connectivity index (χ1n) is 7.24. The van der Waals surface area contributed by atoms with Gasteiger partial charge in [-0.25, -0.2) is 0 Å². The Morgan fingerprint density at radius 2 is 2.33 bits per heavy atom. The number of aryl methyl sites for hydroxylation is 2. The van der Waals surface area contributed by atoms with E-state index in [0.29, 0.717) is 17.7 Å². The molecule has 0 bridgehead atoms. The van der Waals surface area contributed by atoms with E-state index in [1.165, 1.54) is 0 Å². The first-order valence-corrected chi connectivity index (χ1v) is 7.24. The SMILES string of the molecule is CCc1noc(C)c1C(=O)N1CCCC1c1cnccn1. The number of hydrogen-bond acceptors (Lipinski definition) is 5. The Morgan fingerprint density at radius 3 is 3.05 bits per heavy atom. The van der Waals surface area contributed by atoms with E-state index in [-0.39, 0.29) is 11.9 Å². The first kappa shape index (κ1) is 13.7. The van der Waals surface area contributed by atoms with E-state index >= 15 is 0 Å². The van der Waals surface area contributed by atoms with Gasteiger partial charge >= 0.3 is 0 Å². The van der Waals surface area contributed by atoms with Crippen LogP contribution < -0.4 is 0 Å². The fourth-order valence-electron chi connectivity index (χ4n) is 2.88. The van der Waals surface area contributed by atoms with E-state index in [4.69, 9.17) is 4.52 Å². The van der Waals surface area contributed by atoms with Crippen molar-refractivity contribution in [2.75, 3.05) is 6.54 Å². The normalized spacial score (nSPS) is 18.2. The molecule has 0 aliphatic carbocycles. The second-order valence-electron chi connectivity index (χ2n) is 5.20. The zero-order valence-corrected chi connectivity index (χ0v) is 12.2. The molecule has 6 nitrogen and oxygen atoms in total. The van der Waals surface area contributed by atoms with Crippen molar-refractivity contribution in [2.45, 2.75) is 39.2 Å². The Balaban J connectivity index is 1.92. The molecule has 1 unspecified atom stereocenters. The molecule has 3 heterocycles. The van der Waals surface area contributed by atoms with Gasteiger partial charge < -0.3 is 9.42 Å². The summed E-state index contributed by atoms with van der Waals surface area (Å²) in [6.45, 7) is 4.48. The lowest BCUT2D eigenvalue weighted by Gasteiger charge is -2.24. The number of aromatic nitrogens is 3. The maximum atomic E-state index is 12.9. The average molecular weight is 286 g/mol. The molecule has 0 N–H and O–H groups in total. The summed E-state index contributed by atoms with van der Waals surface area (Å²) < 4.78 is 5.18. The van der Waals surface area contributed by atoms with Crippen LogP contribution in [0.3, 0.4) is 0 Å². The molecule has 2 aromatic heterocycles. The molecule has 6 heteroatoms. The van der Waals surface area contributed by atoms with Gasteiger partial charge in [0.1, 0.15) is 11.3 Å². The molecule has 2 aromatic rings. The third-order valence-electron chi connectivity index (χ3n) is 3.92. The molecule has 0 saturated carbocycles. The van der Waals surface area contributed by atoms with E-state index < -0.39 is 0 Å². The van der Waals surface area contributed by atoms with Crippen LogP contribution in [0.15, 0.2) is 23.1 Å². The molecule has 21 heavy (non-hydrogen) atoms. The van der Waals surface area contributed by atoms with Gasteiger partial charge in [0.05, 0.1) is 23.6 Å². The quantitative estimate of drug-likeness (QED) is 0.865. The molecule has 1 saturated heterocycles. The minimum Gasteiger partial charge on any atom is -0.361 e. The lowest BCUT2D eigenvalue weighted by atomic mass is 10.1. The zero-order chi connectivity index (χ0) is 14.8. The Labute approximate surface area is 123 Å². The van der Waals surface area contributed by atoms with Crippen LogP contribution in [-0.4, -0.2) is 32.5 Å². The summed E-state index contributed by atoms with van der Waals surface area (Å²) in [6.07, 6.45) is 7.61. The highest BCUT2D eigenvalue weighted by molar-refractivity contribution is 5.96. The molecule has 1 aliphatic rings. The molecule has 0 radical (unpaired) electrons. The lowest BCUT2D eigenvalue weighted by molar-refractivity contribution is 0.0730. The third-order valence-corrected chi connectivity index (χ3v) is 3.92. The summed E-state index contributed by atoms with van der Waals surface area (Å²) in [6, 6.07) is -0.00907. The van der Waals surface area contributed by atoms with Crippen molar-refractivity contribution in [3.8, 4) is 0 Å². The zero-order valence-electron chi connectivity index (χ0n) is 12.2. The largest absolute Gasteiger partial charge is 0.361 e. The predicted molar refractivity (Wildman–Crippen MR) is 75.7 cm³/mol. The van der Waals surface area contributed by atoms with Crippen molar-refractivity contribution in [1.29, 1.82) is 0 Å². The Kier molecular flexibility index (Phi) is 3.68. The second kappa shape index (κ2) is 5.63. The van der Waals surface area contributed by atoms with Gasteiger partial charge in [-0.1, -0.05) is 12.1 Å². The number of carbonyl (C=O) groups excluding carboxylic acids is 1. The number of likely N-dealkylation sites (tertiary alicyclic amines) is 1. The number of amides is 1. The van der Waals surface area contributed by atoms with Crippen LogP contribution >= 0.6 is 0 Å². The van der Waals surface area contributed by atoms with Crippen molar-refractivity contribution in [1.82, 2.24) is 20.0 Å². The fraction of sp³-hybridized carbons (Fsp3) is 0.467. The maximum Gasteiger partial charge on any atom is 0.259 e. The van der Waals surface area contributed by atoms with Gasteiger partial charge in [0.2, 0.25) is 0 Å². The summed E-state index contributed by atoms with van der Waals surface area (Å²) in [4.78, 5) is 23.2. The van der Waals surface area contributed by atoms with Gasteiger partial charge in [-0.3, -0.25) is 14.8 Å². The highest BCUT2D eigenvalue weighted by Gasteiger charge is 2.34. The predicted octanol–water partition coefficient (Wildman–Crippen LogP) is 2.31. The van der Waals surface area contributed by atoms with E-state index in [1.807, 2.05) is 11.8 Å². The van der Waals surface area contributed by atoms with Gasteiger partial charge in [0.15, 0.2) is 0 Å². The fourth-order valence-corrected chi connectivity index (χ4v) is 2.88. The average Bonchev–Trinajstić information content (AvgIpc) is 3.14. The summed E-state index contributed by atoms with van der Waals surface area (Å²) in [5.74, 6) is 0.570. The van der Waals surface area contributed by atoms with Crippen molar-refractivity contribution in [2.24, 2.45) is 0 Å². The lowest BCUT2D eigenvalue weighted by Crippen LogP contribution is -2.31. The first-order chi connectivity index (χ1) is 10.2. The molecule has 1 atom stereocenters. The van der Waals surface area contributed by atoms with Crippen molar-refractivity contribution in [3.05, 3.63) is 41.3 Å². The summed E-state index contributed by atoms with van der Waals surface area (Å²) in [7, 11) is 0. The van der Waals surface area contributed by atoms with Gasteiger partial charge in [-0.05, 0) is 26.2 Å². The number of nitrogens with zero attached hydrogens (tertiary/aromatic N) is 4. The summed E-state index contributed by atoms with van der Waals surface area (Å²) >= 11 is 0. The third kappa shape index (κ3) is 2.41. The minimum absolute atomic E-state index is 0.00907. The van der Waals surface area contributed by atoms with E-state index in [0.717, 1.165) is 30.8 Å². The van der Waals surface area contributed by atoms with E-state index in [9.17, 15) is 4.79 Å². The molecule has 110 valence electrons. The minimum atomic E-state index is -0.0150. The van der Waals surface area contributed by atoms with Gasteiger partial charge in [0.25, 0.3) is 5.91 Å². The number of carbonyl (C=O) groups is 1. The van der Waals surface area contributed by atoms with Gasteiger partial charge in [0, 0.05) is 18.9 Å². The van der Waals surface area contributed by atoms with Crippen molar-refractivity contribution >= 4 is 5.91 Å². The van der Waals surface area contributed by atoms with Crippen LogP contribution in [0.2, 0.25) is 0 Å². The second-order valence-corrected chi connectivity index (χ2v) is 5.20. The maximum absolute atomic E-state index is 12.9. The van der Waals surface area contributed by atoms with Gasteiger partial charge in [-0.15, -0.1) is 0 Å². The van der Waals surface area contributed by atoms with Crippen LogP contribution in [-0.2, 0) is 6.42 Å². The van der Waals surface area contributed by atoms with Crippen LogP contribution in [0.5, 0.6) is 0 Å². The van der Waals surface area contributed by atoms with Crippen LogP contribution in [0.25, 0.3) is 0 Å². The highest BCUT2D eigenvalue weighted by atomic mass is 16.5. The molecule has 0 spiro atoms. The Bertz CT molecular complexity index is 638. The van der Waals surface area contributed by atoms with Gasteiger partial charge in [-0.2, -0.15) is 0 Å². The standard InChI is InChI=1S/C15H18N4O2/c1-3-11-14(10(2)21-18-11)15(20)19-8-4-5-13(19)12-9-16-6-7-17-12/h6-7,9,13H,3-5,8H2,1-2H3. The Hall–Kier alpha value is -2.24. The van der Waals surface area contributed by atoms with Crippen molar-refractivity contribution < 1.29 is 9.32 Å². The molecule has 0 aromatic carbocycles. The van der Waals surface area contributed by atoms with Crippen molar-refractivity contribution in [3.63, 3.8) is 0 Å². The summed E-state index contributed by atoms with van der Waals surface area (Å²) in [5.41, 5.74) is 2.17. The van der Waals surface area contributed by atoms with E-state index in [1.54, 1.807) is 25.5 Å². The number of hydrogen-bond donors (Lipinski definition) is 0. The monoisotopic (exact) mass is 286 g/mol. The molecule has 1 amide bonds. The highest BCUT2D eigenvalue weighted by Crippen LogP contribution is 2.32. The molecule has 3 rings (SSSR count). The number of rotatable bonds is 3. The molecule has 1 fully saturated rings. The Morgan fingerprint density at radius 1 is 1.48 bits per heavy atom. The molecular formula is C15H18N4O2. The van der Waals surface area contributed by atoms with Crippen LogP contribution in [0.1, 0.15) is 53.3 Å². The molecule has 1 aliphatic heterocycles. The smallest absolute Gasteiger partial charge is 0.259 e. The topological polar surface area (TPSA) is 72.1 Å². The van der Waals surface area contributed by atoms with Crippen LogP contribution in [0.4, 0.5) is 0 Å². The van der Waals surface area contributed by atoms with E-state index in [2.05, 4.69) is 15.1 Å². The van der Waals surface area contributed by atoms with Crippen LogP contribution in [0, 0.1) is 6.92 Å².